The molecule has 1 rings (SSSR count). The van der Waals surface area contributed by atoms with E-state index in [0.29, 0.717) is 22.9 Å². The number of carbonyl (C=O) groups excluding carboxylic acids is 1. The van der Waals surface area contributed by atoms with Gasteiger partial charge < -0.3 is 10.5 Å². The van der Waals surface area contributed by atoms with Crippen molar-refractivity contribution < 1.29 is 9.53 Å². The van der Waals surface area contributed by atoms with Gasteiger partial charge in [0.1, 0.15) is 0 Å². The summed E-state index contributed by atoms with van der Waals surface area (Å²) in [5, 5.41) is 0.325. The molecule has 3 nitrogen and oxygen atoms in total. The lowest BCUT2D eigenvalue weighted by Crippen LogP contribution is -2.06. The molecule has 1 aromatic carbocycles. The van der Waals surface area contributed by atoms with Crippen molar-refractivity contribution in [3.8, 4) is 0 Å². The van der Waals surface area contributed by atoms with Crippen molar-refractivity contribution in [2.45, 2.75) is 13.3 Å². The van der Waals surface area contributed by atoms with Crippen LogP contribution in [0.2, 0.25) is 5.02 Å². The monoisotopic (exact) mass is 213 g/mol. The standard InChI is InChI=1S/C10H12ClNO2/c1-2-5-14-10(13)8-4-3-7(12)6-9(8)11/h3-4,6H,2,5,12H2,1H3. The van der Waals surface area contributed by atoms with Crippen molar-refractivity contribution in [1.82, 2.24) is 0 Å². The highest BCUT2D eigenvalue weighted by molar-refractivity contribution is 6.33. The fourth-order valence-electron chi connectivity index (χ4n) is 0.969. The zero-order valence-electron chi connectivity index (χ0n) is 7.92. The van der Waals surface area contributed by atoms with E-state index >= 15 is 0 Å². The van der Waals surface area contributed by atoms with Gasteiger partial charge in [-0.25, -0.2) is 4.79 Å². The number of carbonyl (C=O) groups is 1. The molecule has 0 unspecified atom stereocenters. The maximum Gasteiger partial charge on any atom is 0.339 e. The van der Waals surface area contributed by atoms with E-state index in [1.54, 1.807) is 12.1 Å². The first kappa shape index (κ1) is 10.9. The third-order valence-electron chi connectivity index (χ3n) is 1.65. The van der Waals surface area contributed by atoms with Crippen molar-refractivity contribution >= 4 is 23.3 Å². The van der Waals surface area contributed by atoms with Crippen LogP contribution < -0.4 is 5.73 Å². The third kappa shape index (κ3) is 2.64. The summed E-state index contributed by atoms with van der Waals surface area (Å²) < 4.78 is 4.93. The Kier molecular flexibility index (Phi) is 3.77. The number of hydrogen-bond donors (Lipinski definition) is 1. The Labute approximate surface area is 87.8 Å². The molecule has 0 aromatic heterocycles. The van der Waals surface area contributed by atoms with E-state index in [4.69, 9.17) is 22.1 Å². The lowest BCUT2D eigenvalue weighted by atomic mass is 10.2. The van der Waals surface area contributed by atoms with E-state index < -0.39 is 5.97 Å². The van der Waals surface area contributed by atoms with E-state index in [0.717, 1.165) is 6.42 Å². The van der Waals surface area contributed by atoms with Crippen molar-refractivity contribution in [3.63, 3.8) is 0 Å². The largest absolute Gasteiger partial charge is 0.462 e. The maximum atomic E-state index is 11.4. The lowest BCUT2D eigenvalue weighted by Gasteiger charge is -2.05. The quantitative estimate of drug-likeness (QED) is 0.620. The zero-order chi connectivity index (χ0) is 10.6. The number of anilines is 1. The maximum absolute atomic E-state index is 11.4. The molecule has 14 heavy (non-hydrogen) atoms. The number of hydrogen-bond acceptors (Lipinski definition) is 3. The molecule has 0 heterocycles. The van der Waals surface area contributed by atoms with Crippen LogP contribution in [0.5, 0.6) is 0 Å². The minimum Gasteiger partial charge on any atom is -0.462 e. The first-order valence-corrected chi connectivity index (χ1v) is 4.75. The highest BCUT2D eigenvalue weighted by Gasteiger charge is 2.10. The fraction of sp³-hybridized carbons (Fsp3) is 0.300. The second kappa shape index (κ2) is 4.86. The van der Waals surface area contributed by atoms with Crippen LogP contribution in [0.4, 0.5) is 5.69 Å². The average molecular weight is 214 g/mol. The lowest BCUT2D eigenvalue weighted by molar-refractivity contribution is 0.0505. The number of nitrogens with two attached hydrogens (primary N) is 1. The molecule has 0 aliphatic heterocycles. The van der Waals surface area contributed by atoms with Gasteiger partial charge >= 0.3 is 5.97 Å². The average Bonchev–Trinajstić information content (AvgIpc) is 2.14. The van der Waals surface area contributed by atoms with Gasteiger partial charge in [0, 0.05) is 5.69 Å². The topological polar surface area (TPSA) is 52.3 Å². The summed E-state index contributed by atoms with van der Waals surface area (Å²) in [6, 6.07) is 4.72. The van der Waals surface area contributed by atoms with Crippen molar-refractivity contribution in [3.05, 3.63) is 28.8 Å². The molecule has 0 bridgehead atoms. The van der Waals surface area contributed by atoms with Crippen molar-refractivity contribution in [2.75, 3.05) is 12.3 Å². The number of nitrogen functional groups attached to an aromatic ring is 1. The predicted molar refractivity (Wildman–Crippen MR) is 56.4 cm³/mol. The Morgan fingerprint density at radius 1 is 1.57 bits per heavy atom. The molecule has 0 aliphatic carbocycles. The highest BCUT2D eigenvalue weighted by Crippen LogP contribution is 2.19. The summed E-state index contributed by atoms with van der Waals surface area (Å²) in [5.41, 5.74) is 6.38. The van der Waals surface area contributed by atoms with E-state index in [2.05, 4.69) is 0 Å². The SMILES string of the molecule is CCCOC(=O)c1ccc(N)cc1Cl. The highest BCUT2D eigenvalue weighted by atomic mass is 35.5. The number of esters is 1. The van der Waals surface area contributed by atoms with Crippen LogP contribution in [0, 0.1) is 0 Å². The van der Waals surface area contributed by atoms with Gasteiger partial charge in [0.25, 0.3) is 0 Å². The molecule has 0 atom stereocenters. The minimum atomic E-state index is -0.406. The summed E-state index contributed by atoms with van der Waals surface area (Å²) in [6.07, 6.45) is 0.790. The molecule has 0 saturated carbocycles. The smallest absolute Gasteiger partial charge is 0.339 e. The van der Waals surface area contributed by atoms with Crippen LogP contribution >= 0.6 is 11.6 Å². The van der Waals surface area contributed by atoms with E-state index in [1.165, 1.54) is 6.07 Å². The third-order valence-corrected chi connectivity index (χ3v) is 1.96. The van der Waals surface area contributed by atoms with Crippen LogP contribution in [0.1, 0.15) is 23.7 Å². The molecule has 0 saturated heterocycles. The molecule has 2 N–H and O–H groups in total. The summed E-state index contributed by atoms with van der Waals surface area (Å²) in [5.74, 6) is -0.406. The minimum absolute atomic E-state index is 0.325. The normalized spacial score (nSPS) is 9.86. The van der Waals surface area contributed by atoms with Gasteiger partial charge in [0.05, 0.1) is 17.2 Å². The van der Waals surface area contributed by atoms with Crippen molar-refractivity contribution in [2.24, 2.45) is 0 Å². The van der Waals surface area contributed by atoms with E-state index in [1.807, 2.05) is 6.92 Å². The molecule has 0 spiro atoms. The molecule has 0 aliphatic rings. The van der Waals surface area contributed by atoms with Gasteiger partial charge in [-0.05, 0) is 24.6 Å². The molecular formula is C10H12ClNO2. The Balaban J connectivity index is 2.80. The molecule has 0 amide bonds. The van der Waals surface area contributed by atoms with Crippen LogP contribution in [0.3, 0.4) is 0 Å². The molecule has 0 fully saturated rings. The van der Waals surface area contributed by atoms with Crippen LogP contribution in [-0.2, 0) is 4.74 Å². The number of rotatable bonds is 3. The van der Waals surface area contributed by atoms with Gasteiger partial charge in [-0.3, -0.25) is 0 Å². The van der Waals surface area contributed by atoms with Gasteiger partial charge in [-0.1, -0.05) is 18.5 Å². The number of halogens is 1. The Bertz CT molecular complexity index is 339. The van der Waals surface area contributed by atoms with E-state index in [-0.39, 0.29) is 0 Å². The van der Waals surface area contributed by atoms with Gasteiger partial charge in [-0.15, -0.1) is 0 Å². The zero-order valence-corrected chi connectivity index (χ0v) is 8.67. The summed E-state index contributed by atoms with van der Waals surface area (Å²) in [4.78, 5) is 11.4. The van der Waals surface area contributed by atoms with E-state index in [9.17, 15) is 4.79 Å². The van der Waals surface area contributed by atoms with Gasteiger partial charge in [-0.2, -0.15) is 0 Å². The Morgan fingerprint density at radius 3 is 2.86 bits per heavy atom. The second-order valence-electron chi connectivity index (χ2n) is 2.88. The second-order valence-corrected chi connectivity index (χ2v) is 3.28. The molecule has 0 radical (unpaired) electrons. The number of benzene rings is 1. The summed E-state index contributed by atoms with van der Waals surface area (Å²) in [7, 11) is 0. The van der Waals surface area contributed by atoms with Crippen LogP contribution in [0.25, 0.3) is 0 Å². The Hall–Kier alpha value is -1.22. The molecule has 76 valence electrons. The van der Waals surface area contributed by atoms with Crippen LogP contribution in [-0.4, -0.2) is 12.6 Å². The van der Waals surface area contributed by atoms with Crippen LogP contribution in [0.15, 0.2) is 18.2 Å². The fourth-order valence-corrected chi connectivity index (χ4v) is 1.24. The molecule has 1 aromatic rings. The molecular weight excluding hydrogens is 202 g/mol. The van der Waals surface area contributed by atoms with Gasteiger partial charge in [0.2, 0.25) is 0 Å². The van der Waals surface area contributed by atoms with Gasteiger partial charge in [0.15, 0.2) is 0 Å². The summed E-state index contributed by atoms with van der Waals surface area (Å²) >= 11 is 5.82. The first-order valence-electron chi connectivity index (χ1n) is 4.37. The molecule has 4 heteroatoms. The number of ether oxygens (including phenoxy) is 1. The first-order chi connectivity index (χ1) is 6.65. The summed E-state index contributed by atoms with van der Waals surface area (Å²) in [6.45, 7) is 2.33. The van der Waals surface area contributed by atoms with Crippen molar-refractivity contribution in [1.29, 1.82) is 0 Å². The predicted octanol–water partition coefficient (Wildman–Crippen LogP) is 2.49. The Morgan fingerprint density at radius 2 is 2.29 bits per heavy atom.